The van der Waals surface area contributed by atoms with Crippen molar-refractivity contribution in [2.45, 2.75) is 0 Å². The number of nitrogens with zero attached hydrogens (tertiary/aromatic N) is 3. The van der Waals surface area contributed by atoms with Crippen molar-refractivity contribution in [1.82, 2.24) is 9.78 Å². The minimum Gasteiger partial charge on any atom is -0.321 e. The van der Waals surface area contributed by atoms with Gasteiger partial charge in [-0.3, -0.25) is 25.4 Å². The van der Waals surface area contributed by atoms with Gasteiger partial charge in [0, 0.05) is 13.2 Å². The Bertz CT molecular complexity index is 714. The third-order valence-corrected chi connectivity index (χ3v) is 2.64. The number of nitrogens with two attached hydrogens (primary N) is 1. The summed E-state index contributed by atoms with van der Waals surface area (Å²) in [6.45, 7) is 0. The van der Waals surface area contributed by atoms with E-state index in [9.17, 15) is 19.3 Å². The quantitative estimate of drug-likeness (QED) is 0.438. The molecule has 0 bridgehead atoms. The molecule has 0 saturated heterocycles. The lowest BCUT2D eigenvalue weighted by atomic mass is 10.1. The number of hydrazine groups is 1. The van der Waals surface area contributed by atoms with Gasteiger partial charge in [-0.05, 0) is 6.07 Å². The number of nitro groups is 1. The second kappa shape index (κ2) is 5.54. The van der Waals surface area contributed by atoms with Crippen LogP contribution < -0.4 is 16.6 Å². The van der Waals surface area contributed by atoms with Crippen LogP contribution in [-0.2, 0) is 7.05 Å². The Morgan fingerprint density at radius 1 is 1.52 bits per heavy atom. The summed E-state index contributed by atoms with van der Waals surface area (Å²) in [4.78, 5) is 22.2. The normalized spacial score (nSPS) is 10.2. The van der Waals surface area contributed by atoms with Gasteiger partial charge in [-0.1, -0.05) is 0 Å². The van der Waals surface area contributed by atoms with Crippen LogP contribution in [0, 0.1) is 15.9 Å². The smallest absolute Gasteiger partial charge is 0.285 e. The van der Waals surface area contributed by atoms with E-state index in [1.165, 1.54) is 17.1 Å². The number of rotatable bonds is 4. The van der Waals surface area contributed by atoms with Crippen molar-refractivity contribution in [3.8, 4) is 0 Å². The van der Waals surface area contributed by atoms with Crippen LogP contribution in [-0.4, -0.2) is 20.6 Å². The Morgan fingerprint density at radius 2 is 2.24 bits per heavy atom. The van der Waals surface area contributed by atoms with Crippen LogP contribution in [0.25, 0.3) is 0 Å². The number of amides is 1. The molecule has 4 N–H and O–H groups in total. The predicted octanol–water partition coefficient (Wildman–Crippen LogP) is 1.01. The molecule has 0 aliphatic heterocycles. The molecule has 0 radical (unpaired) electrons. The van der Waals surface area contributed by atoms with Crippen molar-refractivity contribution < 1.29 is 14.1 Å². The lowest BCUT2D eigenvalue weighted by molar-refractivity contribution is -0.385. The molecule has 0 aliphatic rings. The van der Waals surface area contributed by atoms with Crippen LogP contribution in [0.3, 0.4) is 0 Å². The first-order chi connectivity index (χ1) is 9.92. The number of nitro benzene ring substituents is 1. The largest absolute Gasteiger partial charge is 0.321 e. The van der Waals surface area contributed by atoms with Crippen LogP contribution in [0.4, 0.5) is 21.5 Å². The van der Waals surface area contributed by atoms with Crippen LogP contribution in [0.2, 0.25) is 0 Å². The first-order valence-corrected chi connectivity index (χ1v) is 5.67. The van der Waals surface area contributed by atoms with Crippen LogP contribution in [0.5, 0.6) is 0 Å². The van der Waals surface area contributed by atoms with E-state index in [1.807, 2.05) is 5.43 Å². The number of hydrogen-bond acceptors (Lipinski definition) is 6. The van der Waals surface area contributed by atoms with E-state index >= 15 is 0 Å². The molecule has 9 nitrogen and oxygen atoms in total. The molecule has 0 spiro atoms. The highest BCUT2D eigenvalue weighted by atomic mass is 19.1. The van der Waals surface area contributed by atoms with E-state index in [2.05, 4.69) is 10.4 Å². The van der Waals surface area contributed by atoms with Gasteiger partial charge in [-0.2, -0.15) is 5.10 Å². The summed E-state index contributed by atoms with van der Waals surface area (Å²) in [6.07, 6.45) is 2.88. The maximum Gasteiger partial charge on any atom is 0.285 e. The molecule has 110 valence electrons. The van der Waals surface area contributed by atoms with E-state index in [0.717, 1.165) is 6.07 Å². The molecular weight excluding hydrogens is 283 g/mol. The van der Waals surface area contributed by atoms with Gasteiger partial charge in [0.1, 0.15) is 5.56 Å². The third-order valence-electron chi connectivity index (χ3n) is 2.64. The number of nitrogens with one attached hydrogen (secondary N) is 2. The molecule has 0 unspecified atom stereocenters. The molecule has 10 heteroatoms. The topological polar surface area (TPSA) is 128 Å². The number of aryl methyl sites for hydroxylation is 1. The van der Waals surface area contributed by atoms with Crippen LogP contribution in [0.15, 0.2) is 24.5 Å². The number of halogens is 1. The number of anilines is 2. The first kappa shape index (κ1) is 14.4. The summed E-state index contributed by atoms with van der Waals surface area (Å²) in [7, 11) is 1.65. The van der Waals surface area contributed by atoms with Gasteiger partial charge in [-0.25, -0.2) is 4.39 Å². The fourth-order valence-corrected chi connectivity index (χ4v) is 1.69. The molecule has 1 amide bonds. The van der Waals surface area contributed by atoms with Crippen molar-refractivity contribution in [1.29, 1.82) is 0 Å². The molecule has 2 aromatic rings. The van der Waals surface area contributed by atoms with Gasteiger partial charge in [0.05, 0.1) is 28.6 Å². The van der Waals surface area contributed by atoms with Crippen LogP contribution in [0.1, 0.15) is 10.4 Å². The van der Waals surface area contributed by atoms with E-state index in [4.69, 9.17) is 5.84 Å². The Hall–Kier alpha value is -3.01. The summed E-state index contributed by atoms with van der Waals surface area (Å²) < 4.78 is 14.9. The van der Waals surface area contributed by atoms with Gasteiger partial charge in [-0.15, -0.1) is 0 Å². The summed E-state index contributed by atoms with van der Waals surface area (Å²) in [6, 6.07) is 1.60. The monoisotopic (exact) mass is 294 g/mol. The minimum absolute atomic E-state index is 0.225. The fourth-order valence-electron chi connectivity index (χ4n) is 1.69. The number of hydrogen-bond donors (Lipinski definition) is 3. The van der Waals surface area contributed by atoms with Gasteiger partial charge in [0.2, 0.25) is 0 Å². The summed E-state index contributed by atoms with van der Waals surface area (Å²) >= 11 is 0. The number of aromatic nitrogens is 2. The molecule has 1 aromatic heterocycles. The SMILES string of the molecule is Cn1cc(NC(=O)c2cc(NN)c(F)cc2[N+](=O)[O-])cn1. The highest BCUT2D eigenvalue weighted by Crippen LogP contribution is 2.26. The van der Waals surface area contributed by atoms with Gasteiger partial charge >= 0.3 is 0 Å². The average Bonchev–Trinajstić information content (AvgIpc) is 2.83. The summed E-state index contributed by atoms with van der Waals surface area (Å²) in [5, 5.41) is 17.2. The zero-order chi connectivity index (χ0) is 15.6. The van der Waals surface area contributed by atoms with Crippen molar-refractivity contribution in [3.63, 3.8) is 0 Å². The second-order valence-corrected chi connectivity index (χ2v) is 4.11. The van der Waals surface area contributed by atoms with E-state index in [1.54, 1.807) is 7.05 Å². The van der Waals surface area contributed by atoms with E-state index < -0.39 is 22.3 Å². The summed E-state index contributed by atoms with van der Waals surface area (Å²) in [5.41, 5.74) is 1.18. The third kappa shape index (κ3) is 2.95. The maximum atomic E-state index is 13.5. The number of carbonyl (C=O) groups excluding carboxylic acids is 1. The minimum atomic E-state index is -0.929. The summed E-state index contributed by atoms with van der Waals surface area (Å²) in [5.74, 6) is 3.40. The Labute approximate surface area is 117 Å². The molecule has 0 aliphatic carbocycles. The molecule has 21 heavy (non-hydrogen) atoms. The molecule has 0 saturated carbocycles. The highest BCUT2D eigenvalue weighted by molar-refractivity contribution is 6.07. The lowest BCUT2D eigenvalue weighted by Gasteiger charge is -2.07. The zero-order valence-corrected chi connectivity index (χ0v) is 10.8. The maximum absolute atomic E-state index is 13.5. The number of nitrogen functional groups attached to an aromatic ring is 1. The average molecular weight is 294 g/mol. The molecular formula is C11H11FN6O3. The van der Waals surface area contributed by atoms with Crippen LogP contribution >= 0.6 is 0 Å². The highest BCUT2D eigenvalue weighted by Gasteiger charge is 2.23. The molecule has 1 heterocycles. The van der Waals surface area contributed by atoms with E-state index in [0.29, 0.717) is 11.8 Å². The number of benzene rings is 1. The Balaban J connectivity index is 2.40. The molecule has 2 rings (SSSR count). The standard InChI is InChI=1S/C11H11FN6O3/c1-17-5-6(4-14-17)15-11(19)7-2-9(16-13)8(12)3-10(7)18(20)21/h2-5,16H,13H2,1H3,(H,15,19). The Morgan fingerprint density at radius 3 is 2.76 bits per heavy atom. The lowest BCUT2D eigenvalue weighted by Crippen LogP contribution is -2.16. The van der Waals surface area contributed by atoms with Gasteiger partial charge in [0.25, 0.3) is 11.6 Å². The molecule has 1 aromatic carbocycles. The molecule has 0 fully saturated rings. The number of carbonyl (C=O) groups is 1. The van der Waals surface area contributed by atoms with Crippen molar-refractivity contribution >= 4 is 23.0 Å². The fraction of sp³-hybridized carbons (Fsp3) is 0.0909. The first-order valence-electron chi connectivity index (χ1n) is 5.67. The van der Waals surface area contributed by atoms with Crippen molar-refractivity contribution in [2.24, 2.45) is 12.9 Å². The Kier molecular flexibility index (Phi) is 3.80. The zero-order valence-electron chi connectivity index (χ0n) is 10.8. The van der Waals surface area contributed by atoms with E-state index in [-0.39, 0.29) is 11.3 Å². The van der Waals surface area contributed by atoms with Crippen molar-refractivity contribution in [2.75, 3.05) is 10.7 Å². The van der Waals surface area contributed by atoms with Gasteiger partial charge < -0.3 is 10.7 Å². The van der Waals surface area contributed by atoms with Crippen molar-refractivity contribution in [3.05, 3.63) is 46.0 Å². The second-order valence-electron chi connectivity index (χ2n) is 4.11. The molecule has 0 atom stereocenters. The predicted molar refractivity (Wildman–Crippen MR) is 72.0 cm³/mol. The van der Waals surface area contributed by atoms with Gasteiger partial charge in [0.15, 0.2) is 5.82 Å².